The highest BCUT2D eigenvalue weighted by Gasteiger charge is 2.19. The number of carbonyl (C=O) groups excluding carboxylic acids is 1. The summed E-state index contributed by atoms with van der Waals surface area (Å²) in [5.74, 6) is 0.351. The van der Waals surface area contributed by atoms with E-state index in [0.29, 0.717) is 12.1 Å². The van der Waals surface area contributed by atoms with Crippen molar-refractivity contribution in [1.82, 2.24) is 4.57 Å². The Labute approximate surface area is 180 Å². The highest BCUT2D eigenvalue weighted by molar-refractivity contribution is 6.18. The van der Waals surface area contributed by atoms with Crippen molar-refractivity contribution >= 4 is 27.7 Å². The number of aryl methyl sites for hydroxylation is 3. The SMILES string of the molecule is Cc1cc(C)c(Cn2c3cc(-c4ccco4)c[c]c3c3c(C(N)=O)cccc32)c(C)c1. The molecule has 153 valence electrons. The predicted molar refractivity (Wildman–Crippen MR) is 124 cm³/mol. The third-order valence-electron chi connectivity index (χ3n) is 6.02. The molecule has 0 bridgehead atoms. The average Bonchev–Trinajstić information content (AvgIpc) is 3.37. The van der Waals surface area contributed by atoms with E-state index in [1.807, 2.05) is 30.3 Å². The van der Waals surface area contributed by atoms with Crippen LogP contribution >= 0.6 is 0 Å². The summed E-state index contributed by atoms with van der Waals surface area (Å²) >= 11 is 0. The molecule has 0 fully saturated rings. The van der Waals surface area contributed by atoms with Gasteiger partial charge in [0.2, 0.25) is 5.91 Å². The van der Waals surface area contributed by atoms with Crippen LogP contribution < -0.4 is 5.73 Å². The fourth-order valence-electron chi connectivity index (χ4n) is 4.63. The van der Waals surface area contributed by atoms with Gasteiger partial charge in [0.25, 0.3) is 0 Å². The first-order chi connectivity index (χ1) is 14.9. The van der Waals surface area contributed by atoms with Gasteiger partial charge in [0.05, 0.1) is 17.3 Å². The molecule has 2 N–H and O–H groups in total. The maximum atomic E-state index is 12.2. The summed E-state index contributed by atoms with van der Waals surface area (Å²) in [6.45, 7) is 7.11. The van der Waals surface area contributed by atoms with Crippen LogP contribution in [0.2, 0.25) is 0 Å². The Bertz CT molecular complexity index is 1430. The molecule has 0 unspecified atom stereocenters. The van der Waals surface area contributed by atoms with Gasteiger partial charge in [-0.05, 0) is 79.9 Å². The number of fused-ring (bicyclic) bond motifs is 3. The second-order valence-electron chi connectivity index (χ2n) is 8.15. The number of benzene rings is 3. The van der Waals surface area contributed by atoms with E-state index in [0.717, 1.165) is 33.1 Å². The van der Waals surface area contributed by atoms with E-state index in [1.54, 1.807) is 12.3 Å². The molecule has 0 spiro atoms. The monoisotopic (exact) mass is 407 g/mol. The van der Waals surface area contributed by atoms with Gasteiger partial charge in [-0.2, -0.15) is 0 Å². The summed E-state index contributed by atoms with van der Waals surface area (Å²) in [6.07, 6.45) is 1.67. The number of amides is 1. The van der Waals surface area contributed by atoms with Crippen molar-refractivity contribution < 1.29 is 9.21 Å². The number of primary amides is 1. The number of carbonyl (C=O) groups is 1. The molecule has 0 aliphatic carbocycles. The van der Waals surface area contributed by atoms with Crippen LogP contribution in [0.15, 0.2) is 65.3 Å². The summed E-state index contributed by atoms with van der Waals surface area (Å²) < 4.78 is 7.87. The molecular weight excluding hydrogens is 384 g/mol. The summed E-state index contributed by atoms with van der Waals surface area (Å²) in [5, 5.41) is 1.74. The number of nitrogens with two attached hydrogens (primary N) is 1. The standard InChI is InChI=1S/C27H23N2O2/c1-16-12-17(2)22(18(3)13-16)15-29-23-7-4-6-21(27(28)30)26(23)20-10-9-19(14-24(20)29)25-8-5-11-31-25/h4-9,11-14H,15H2,1-3H3,(H2,28,30). The van der Waals surface area contributed by atoms with Crippen LogP contribution in [-0.4, -0.2) is 10.5 Å². The van der Waals surface area contributed by atoms with E-state index in [-0.39, 0.29) is 0 Å². The molecule has 0 aliphatic heterocycles. The number of furan rings is 1. The second-order valence-corrected chi connectivity index (χ2v) is 8.15. The van der Waals surface area contributed by atoms with Crippen molar-refractivity contribution in [2.75, 3.05) is 0 Å². The largest absolute Gasteiger partial charge is 0.464 e. The van der Waals surface area contributed by atoms with Gasteiger partial charge in [0, 0.05) is 28.4 Å². The lowest BCUT2D eigenvalue weighted by molar-refractivity contribution is 0.100. The van der Waals surface area contributed by atoms with Crippen LogP contribution in [0.3, 0.4) is 0 Å². The van der Waals surface area contributed by atoms with Crippen LogP contribution in [0.25, 0.3) is 33.1 Å². The van der Waals surface area contributed by atoms with E-state index in [2.05, 4.69) is 49.6 Å². The smallest absolute Gasteiger partial charge is 0.249 e. The molecule has 5 rings (SSSR count). The fraction of sp³-hybridized carbons (Fsp3) is 0.148. The topological polar surface area (TPSA) is 61.2 Å². The lowest BCUT2D eigenvalue weighted by Gasteiger charge is -2.14. The average molecular weight is 407 g/mol. The van der Waals surface area contributed by atoms with Gasteiger partial charge < -0.3 is 14.7 Å². The molecule has 5 aromatic rings. The second kappa shape index (κ2) is 7.17. The van der Waals surface area contributed by atoms with Crippen molar-refractivity contribution in [2.45, 2.75) is 27.3 Å². The molecule has 1 radical (unpaired) electrons. The molecule has 0 aliphatic rings. The number of nitrogens with zero attached hydrogens (tertiary/aromatic N) is 1. The van der Waals surface area contributed by atoms with E-state index in [4.69, 9.17) is 10.2 Å². The van der Waals surface area contributed by atoms with Gasteiger partial charge in [-0.1, -0.05) is 23.8 Å². The first-order valence-corrected chi connectivity index (χ1v) is 10.3. The first-order valence-electron chi connectivity index (χ1n) is 10.3. The Morgan fingerprint density at radius 1 is 1.03 bits per heavy atom. The molecule has 4 nitrogen and oxygen atoms in total. The Morgan fingerprint density at radius 3 is 2.48 bits per heavy atom. The normalized spacial score (nSPS) is 11.5. The highest BCUT2D eigenvalue weighted by Crippen LogP contribution is 2.35. The molecule has 31 heavy (non-hydrogen) atoms. The maximum absolute atomic E-state index is 12.2. The first kappa shape index (κ1) is 19.2. The maximum Gasteiger partial charge on any atom is 0.249 e. The van der Waals surface area contributed by atoms with Crippen LogP contribution in [0.5, 0.6) is 0 Å². The van der Waals surface area contributed by atoms with Crippen LogP contribution in [0.1, 0.15) is 32.6 Å². The number of aromatic nitrogens is 1. The minimum Gasteiger partial charge on any atom is -0.464 e. The number of hydrogen-bond donors (Lipinski definition) is 1. The molecular formula is C27H23N2O2. The molecule has 4 heteroatoms. The number of hydrogen-bond acceptors (Lipinski definition) is 2. The summed E-state index contributed by atoms with van der Waals surface area (Å²) in [4.78, 5) is 12.2. The third kappa shape index (κ3) is 3.12. The molecule has 0 saturated heterocycles. The van der Waals surface area contributed by atoms with Crippen molar-refractivity contribution in [3.63, 3.8) is 0 Å². The Kier molecular flexibility index (Phi) is 4.44. The van der Waals surface area contributed by atoms with Gasteiger partial charge in [0.15, 0.2) is 0 Å². The van der Waals surface area contributed by atoms with Crippen LogP contribution in [0.4, 0.5) is 0 Å². The number of rotatable bonds is 4. The molecule has 3 aromatic carbocycles. The van der Waals surface area contributed by atoms with E-state index < -0.39 is 5.91 Å². The minimum atomic E-state index is -0.434. The zero-order valence-corrected chi connectivity index (χ0v) is 17.8. The zero-order valence-electron chi connectivity index (χ0n) is 17.8. The molecule has 2 heterocycles. The van der Waals surface area contributed by atoms with E-state index >= 15 is 0 Å². The van der Waals surface area contributed by atoms with Gasteiger partial charge >= 0.3 is 0 Å². The molecule has 0 atom stereocenters. The van der Waals surface area contributed by atoms with Gasteiger partial charge in [-0.3, -0.25) is 4.79 Å². The van der Waals surface area contributed by atoms with Gasteiger partial charge in [0.1, 0.15) is 5.76 Å². The van der Waals surface area contributed by atoms with Gasteiger partial charge in [-0.15, -0.1) is 0 Å². The molecule has 1 amide bonds. The predicted octanol–water partition coefficient (Wildman–Crippen LogP) is 5.93. The Balaban J connectivity index is 1.83. The minimum absolute atomic E-state index is 0.434. The lowest BCUT2D eigenvalue weighted by atomic mass is 9.99. The summed E-state index contributed by atoms with van der Waals surface area (Å²) in [5.41, 5.74) is 14.2. The van der Waals surface area contributed by atoms with Crippen LogP contribution in [-0.2, 0) is 6.54 Å². The van der Waals surface area contributed by atoms with Crippen molar-refractivity contribution in [3.8, 4) is 11.3 Å². The third-order valence-corrected chi connectivity index (χ3v) is 6.02. The van der Waals surface area contributed by atoms with Crippen molar-refractivity contribution in [2.24, 2.45) is 5.73 Å². The van der Waals surface area contributed by atoms with Crippen LogP contribution in [0, 0.1) is 26.8 Å². The Hall–Kier alpha value is -3.79. The zero-order chi connectivity index (χ0) is 21.7. The fourth-order valence-corrected chi connectivity index (χ4v) is 4.63. The summed E-state index contributed by atoms with van der Waals surface area (Å²) in [6, 6.07) is 21.4. The van der Waals surface area contributed by atoms with E-state index in [1.165, 1.54) is 22.3 Å². The molecule has 0 saturated carbocycles. The van der Waals surface area contributed by atoms with Crippen molar-refractivity contribution in [1.29, 1.82) is 0 Å². The lowest BCUT2D eigenvalue weighted by Crippen LogP contribution is -2.11. The quantitative estimate of drug-likeness (QED) is 0.401. The van der Waals surface area contributed by atoms with Gasteiger partial charge in [-0.25, -0.2) is 0 Å². The summed E-state index contributed by atoms with van der Waals surface area (Å²) in [7, 11) is 0. The van der Waals surface area contributed by atoms with Crippen molar-refractivity contribution in [3.05, 3.63) is 94.7 Å². The van der Waals surface area contributed by atoms with E-state index in [9.17, 15) is 4.79 Å². The Morgan fingerprint density at radius 2 is 1.81 bits per heavy atom. The molecule has 2 aromatic heterocycles. The highest BCUT2D eigenvalue weighted by atomic mass is 16.3.